The number of aromatic nitrogens is 1. The molecule has 0 aromatic carbocycles. The van der Waals surface area contributed by atoms with E-state index in [9.17, 15) is 4.79 Å². The predicted molar refractivity (Wildman–Crippen MR) is 86.6 cm³/mol. The predicted octanol–water partition coefficient (Wildman–Crippen LogP) is 2.63. The van der Waals surface area contributed by atoms with Crippen molar-refractivity contribution in [3.63, 3.8) is 0 Å². The smallest absolute Gasteiger partial charge is 0.251 e. The lowest BCUT2D eigenvalue weighted by Crippen LogP contribution is -2.41. The van der Waals surface area contributed by atoms with Gasteiger partial charge in [-0.2, -0.15) is 0 Å². The number of nitrogens with one attached hydrogen (secondary N) is 1. The third-order valence-electron chi connectivity index (χ3n) is 4.29. The summed E-state index contributed by atoms with van der Waals surface area (Å²) in [4.78, 5) is 19.0. The number of ether oxygens (including phenoxy) is 1. The summed E-state index contributed by atoms with van der Waals surface area (Å²) in [6.45, 7) is 4.69. The number of amides is 1. The van der Waals surface area contributed by atoms with Crippen LogP contribution in [0.3, 0.4) is 0 Å². The van der Waals surface area contributed by atoms with Gasteiger partial charge in [-0.3, -0.25) is 4.79 Å². The van der Waals surface area contributed by atoms with Crippen molar-refractivity contribution >= 4 is 23.3 Å². The van der Waals surface area contributed by atoms with E-state index in [0.717, 1.165) is 44.6 Å². The molecule has 2 saturated heterocycles. The lowest BCUT2D eigenvalue weighted by molar-refractivity contribution is 0.0136. The number of anilines is 1. The van der Waals surface area contributed by atoms with Gasteiger partial charge in [-0.05, 0) is 44.7 Å². The van der Waals surface area contributed by atoms with Crippen LogP contribution in [0.1, 0.15) is 43.0 Å². The van der Waals surface area contributed by atoms with Crippen LogP contribution in [0.4, 0.5) is 5.82 Å². The van der Waals surface area contributed by atoms with E-state index in [-0.39, 0.29) is 18.1 Å². The first-order valence-corrected chi connectivity index (χ1v) is 8.34. The Hall–Kier alpha value is -1.33. The Kier molecular flexibility index (Phi) is 4.84. The summed E-state index contributed by atoms with van der Waals surface area (Å²) in [6, 6.07) is 3.65. The fourth-order valence-electron chi connectivity index (χ4n) is 3.12. The molecule has 2 aliphatic rings. The second kappa shape index (κ2) is 6.84. The molecule has 0 radical (unpaired) electrons. The largest absolute Gasteiger partial charge is 0.378 e. The topological polar surface area (TPSA) is 54.5 Å². The van der Waals surface area contributed by atoms with E-state index in [1.807, 2.05) is 13.0 Å². The Morgan fingerprint density at radius 3 is 2.91 bits per heavy atom. The highest BCUT2D eigenvalue weighted by Gasteiger charge is 2.22. The van der Waals surface area contributed by atoms with Crippen LogP contribution in [0, 0.1) is 0 Å². The third kappa shape index (κ3) is 3.70. The standard InChI is InChI=1S/C16H22ClN3O2/c1-11-8-13(4-7-22-11)18-16(21)12-9-14(17)19-15(10-12)20-5-2-3-6-20/h9-11,13H,2-8H2,1H3,(H,18,21)/t11-,13+/m0/s1. The zero-order valence-electron chi connectivity index (χ0n) is 12.8. The first-order valence-electron chi connectivity index (χ1n) is 7.97. The maximum atomic E-state index is 12.5. The Balaban J connectivity index is 1.71. The van der Waals surface area contributed by atoms with Gasteiger partial charge in [0.2, 0.25) is 0 Å². The van der Waals surface area contributed by atoms with Crippen molar-refractivity contribution in [1.82, 2.24) is 10.3 Å². The second-order valence-corrected chi connectivity index (χ2v) is 6.49. The molecule has 0 aliphatic carbocycles. The summed E-state index contributed by atoms with van der Waals surface area (Å²) in [5.74, 6) is 0.722. The molecule has 1 aromatic heterocycles. The van der Waals surface area contributed by atoms with Gasteiger partial charge >= 0.3 is 0 Å². The van der Waals surface area contributed by atoms with E-state index in [2.05, 4.69) is 15.2 Å². The normalized spacial score (nSPS) is 25.3. The van der Waals surface area contributed by atoms with Crippen molar-refractivity contribution in [2.75, 3.05) is 24.6 Å². The number of hydrogen-bond acceptors (Lipinski definition) is 4. The Labute approximate surface area is 136 Å². The zero-order chi connectivity index (χ0) is 15.5. The first kappa shape index (κ1) is 15.6. The minimum absolute atomic E-state index is 0.0798. The van der Waals surface area contributed by atoms with E-state index < -0.39 is 0 Å². The zero-order valence-corrected chi connectivity index (χ0v) is 13.6. The highest BCUT2D eigenvalue weighted by atomic mass is 35.5. The molecule has 120 valence electrons. The van der Waals surface area contributed by atoms with Crippen LogP contribution in [0.15, 0.2) is 12.1 Å². The van der Waals surface area contributed by atoms with E-state index in [1.165, 1.54) is 0 Å². The molecule has 0 unspecified atom stereocenters. The molecule has 1 amide bonds. The number of pyridine rings is 1. The van der Waals surface area contributed by atoms with Gasteiger partial charge < -0.3 is 15.0 Å². The number of nitrogens with zero attached hydrogens (tertiary/aromatic N) is 2. The van der Waals surface area contributed by atoms with Crippen molar-refractivity contribution in [2.45, 2.75) is 44.8 Å². The average Bonchev–Trinajstić information content (AvgIpc) is 3.01. The maximum absolute atomic E-state index is 12.5. The fraction of sp³-hybridized carbons (Fsp3) is 0.625. The fourth-order valence-corrected chi connectivity index (χ4v) is 3.32. The summed E-state index contributed by atoms with van der Waals surface area (Å²) in [7, 11) is 0. The molecule has 0 spiro atoms. The number of carbonyl (C=O) groups excluding carboxylic acids is 1. The van der Waals surface area contributed by atoms with Crippen LogP contribution in [-0.2, 0) is 4.74 Å². The molecule has 2 aliphatic heterocycles. The lowest BCUT2D eigenvalue weighted by Gasteiger charge is -2.28. The molecule has 0 bridgehead atoms. The SMILES string of the molecule is C[C@H]1C[C@H](NC(=O)c2cc(Cl)nc(N3CCCC3)c2)CCO1. The highest BCUT2D eigenvalue weighted by molar-refractivity contribution is 6.29. The van der Waals surface area contributed by atoms with Crippen molar-refractivity contribution in [3.05, 3.63) is 22.8 Å². The maximum Gasteiger partial charge on any atom is 0.251 e. The monoisotopic (exact) mass is 323 g/mol. The molecule has 1 aromatic rings. The van der Waals surface area contributed by atoms with Gasteiger partial charge in [-0.1, -0.05) is 11.6 Å². The quantitative estimate of drug-likeness (QED) is 0.869. The minimum atomic E-state index is -0.0798. The van der Waals surface area contributed by atoms with Crippen molar-refractivity contribution in [3.8, 4) is 0 Å². The minimum Gasteiger partial charge on any atom is -0.378 e. The van der Waals surface area contributed by atoms with Gasteiger partial charge in [0.25, 0.3) is 5.91 Å². The van der Waals surface area contributed by atoms with E-state index in [4.69, 9.17) is 16.3 Å². The molecule has 2 atom stereocenters. The van der Waals surface area contributed by atoms with Gasteiger partial charge in [-0.25, -0.2) is 4.98 Å². The Morgan fingerprint density at radius 1 is 1.41 bits per heavy atom. The molecule has 6 heteroatoms. The molecular weight excluding hydrogens is 302 g/mol. The lowest BCUT2D eigenvalue weighted by atomic mass is 10.0. The number of hydrogen-bond donors (Lipinski definition) is 1. The summed E-state index contributed by atoms with van der Waals surface area (Å²) < 4.78 is 5.51. The van der Waals surface area contributed by atoms with Crippen molar-refractivity contribution in [2.24, 2.45) is 0 Å². The van der Waals surface area contributed by atoms with E-state index >= 15 is 0 Å². The molecule has 22 heavy (non-hydrogen) atoms. The Morgan fingerprint density at radius 2 is 2.18 bits per heavy atom. The molecule has 2 fully saturated rings. The third-order valence-corrected chi connectivity index (χ3v) is 4.49. The van der Waals surface area contributed by atoms with E-state index in [0.29, 0.717) is 17.3 Å². The molecule has 3 rings (SSSR count). The van der Waals surface area contributed by atoms with Gasteiger partial charge in [0, 0.05) is 31.3 Å². The first-order chi connectivity index (χ1) is 10.6. The van der Waals surface area contributed by atoms with Gasteiger partial charge in [0.1, 0.15) is 11.0 Å². The molecule has 1 N–H and O–H groups in total. The van der Waals surface area contributed by atoms with E-state index in [1.54, 1.807) is 6.07 Å². The van der Waals surface area contributed by atoms with Gasteiger partial charge in [0.15, 0.2) is 0 Å². The summed E-state index contributed by atoms with van der Waals surface area (Å²) in [6.07, 6.45) is 4.23. The number of carbonyl (C=O) groups is 1. The molecule has 5 nitrogen and oxygen atoms in total. The van der Waals surface area contributed by atoms with Crippen LogP contribution in [-0.4, -0.2) is 42.7 Å². The van der Waals surface area contributed by atoms with Crippen LogP contribution in [0.25, 0.3) is 0 Å². The average molecular weight is 324 g/mol. The highest BCUT2D eigenvalue weighted by Crippen LogP contribution is 2.22. The summed E-state index contributed by atoms with van der Waals surface area (Å²) >= 11 is 6.10. The number of halogens is 1. The number of rotatable bonds is 3. The van der Waals surface area contributed by atoms with Crippen LogP contribution in [0.5, 0.6) is 0 Å². The van der Waals surface area contributed by atoms with Gasteiger partial charge in [-0.15, -0.1) is 0 Å². The molecule has 3 heterocycles. The molecule has 0 saturated carbocycles. The molecular formula is C16H22ClN3O2. The van der Waals surface area contributed by atoms with Gasteiger partial charge in [0.05, 0.1) is 6.10 Å². The van der Waals surface area contributed by atoms with Crippen LogP contribution >= 0.6 is 11.6 Å². The van der Waals surface area contributed by atoms with Crippen molar-refractivity contribution < 1.29 is 9.53 Å². The van der Waals surface area contributed by atoms with Crippen molar-refractivity contribution in [1.29, 1.82) is 0 Å². The summed E-state index contributed by atoms with van der Waals surface area (Å²) in [5, 5.41) is 3.46. The van der Waals surface area contributed by atoms with Crippen LogP contribution in [0.2, 0.25) is 5.15 Å². The second-order valence-electron chi connectivity index (χ2n) is 6.11. The summed E-state index contributed by atoms with van der Waals surface area (Å²) in [5.41, 5.74) is 0.584. The van der Waals surface area contributed by atoms with Crippen LogP contribution < -0.4 is 10.2 Å². The Bertz CT molecular complexity index is 546.